The van der Waals surface area contributed by atoms with E-state index >= 15 is 0 Å². The van der Waals surface area contributed by atoms with E-state index in [2.05, 4.69) is 5.32 Å². The molecule has 1 amide bonds. The number of amides is 1. The van der Waals surface area contributed by atoms with Crippen molar-refractivity contribution in [3.63, 3.8) is 0 Å². The summed E-state index contributed by atoms with van der Waals surface area (Å²) in [5, 5.41) is 23.7. The molecule has 132 valence electrons. The maximum Gasteiger partial charge on any atom is 0.269 e. The molecule has 0 radical (unpaired) electrons. The lowest BCUT2D eigenvalue weighted by atomic mass is 10.1. The van der Waals surface area contributed by atoms with Gasteiger partial charge in [-0.25, -0.2) is 0 Å². The van der Waals surface area contributed by atoms with Crippen LogP contribution < -0.4 is 5.32 Å². The van der Waals surface area contributed by atoms with Gasteiger partial charge in [0.05, 0.1) is 11.0 Å². The number of aliphatic hydroxyl groups is 1. The number of aliphatic hydroxyl groups excluding tert-OH is 1. The molecule has 0 bridgehead atoms. The first-order valence-electron chi connectivity index (χ1n) is 7.82. The Morgan fingerprint density at radius 3 is 2.56 bits per heavy atom. The van der Waals surface area contributed by atoms with E-state index in [9.17, 15) is 20.0 Å². The highest BCUT2D eigenvalue weighted by atomic mass is 16.6. The van der Waals surface area contributed by atoms with E-state index in [0.717, 1.165) is 5.56 Å². The number of benzene rings is 2. The molecule has 0 aromatic heterocycles. The molecule has 0 aliphatic heterocycles. The van der Waals surface area contributed by atoms with Gasteiger partial charge in [0.25, 0.3) is 11.6 Å². The minimum absolute atomic E-state index is 0.0380. The number of non-ortho nitro benzene ring substituents is 1. The van der Waals surface area contributed by atoms with Gasteiger partial charge in [0.1, 0.15) is 0 Å². The molecule has 2 N–H and O–H groups in total. The van der Waals surface area contributed by atoms with Gasteiger partial charge in [0, 0.05) is 37.8 Å². The summed E-state index contributed by atoms with van der Waals surface area (Å²) < 4.78 is 0. The first kappa shape index (κ1) is 18.6. The zero-order valence-corrected chi connectivity index (χ0v) is 14.2. The third kappa shape index (κ3) is 5.10. The summed E-state index contributed by atoms with van der Waals surface area (Å²) in [7, 11) is 3.44. The van der Waals surface area contributed by atoms with E-state index < -0.39 is 11.0 Å². The van der Waals surface area contributed by atoms with Crippen molar-refractivity contribution < 1.29 is 14.8 Å². The van der Waals surface area contributed by atoms with Gasteiger partial charge in [-0.15, -0.1) is 0 Å². The van der Waals surface area contributed by atoms with E-state index in [1.165, 1.54) is 12.1 Å². The Morgan fingerprint density at radius 2 is 1.96 bits per heavy atom. The van der Waals surface area contributed by atoms with Crippen LogP contribution in [0.3, 0.4) is 0 Å². The van der Waals surface area contributed by atoms with Gasteiger partial charge in [0.2, 0.25) is 0 Å². The van der Waals surface area contributed by atoms with E-state index in [-0.39, 0.29) is 11.6 Å². The van der Waals surface area contributed by atoms with Crippen LogP contribution in [-0.4, -0.2) is 41.5 Å². The fourth-order valence-corrected chi connectivity index (χ4v) is 2.53. The predicted molar refractivity (Wildman–Crippen MR) is 94.2 cm³/mol. The van der Waals surface area contributed by atoms with E-state index in [0.29, 0.717) is 24.2 Å². The molecule has 0 aliphatic rings. The van der Waals surface area contributed by atoms with Crippen LogP contribution in [0.2, 0.25) is 0 Å². The maximum absolute atomic E-state index is 11.5. The van der Waals surface area contributed by atoms with E-state index in [1.807, 2.05) is 24.1 Å². The molecule has 2 rings (SSSR count). The SMILES string of the molecule is CNC(=O)c1ccc(CN(C)CC(O)c2cccc([N+](=O)[O-])c2)cc1. The van der Waals surface area contributed by atoms with Gasteiger partial charge in [0.15, 0.2) is 0 Å². The summed E-state index contributed by atoms with van der Waals surface area (Å²) in [4.78, 5) is 23.8. The Labute approximate surface area is 146 Å². The van der Waals surface area contributed by atoms with Gasteiger partial charge in [-0.3, -0.25) is 19.8 Å². The number of rotatable bonds is 7. The van der Waals surface area contributed by atoms with Crippen molar-refractivity contribution in [1.29, 1.82) is 0 Å². The molecular weight excluding hydrogens is 322 g/mol. The molecule has 25 heavy (non-hydrogen) atoms. The van der Waals surface area contributed by atoms with Crippen LogP contribution in [0.25, 0.3) is 0 Å². The molecule has 0 heterocycles. The van der Waals surface area contributed by atoms with Crippen molar-refractivity contribution in [2.45, 2.75) is 12.6 Å². The highest BCUT2D eigenvalue weighted by Crippen LogP contribution is 2.20. The normalized spacial score (nSPS) is 12.0. The number of nitro benzene ring substituents is 1. The first-order valence-corrected chi connectivity index (χ1v) is 7.82. The van der Waals surface area contributed by atoms with Crippen LogP contribution in [0.5, 0.6) is 0 Å². The van der Waals surface area contributed by atoms with Crippen molar-refractivity contribution in [2.24, 2.45) is 0 Å². The molecule has 2 aromatic carbocycles. The van der Waals surface area contributed by atoms with Gasteiger partial charge in [-0.05, 0) is 30.3 Å². The van der Waals surface area contributed by atoms with Gasteiger partial charge in [-0.2, -0.15) is 0 Å². The lowest BCUT2D eigenvalue weighted by Gasteiger charge is -2.21. The summed E-state index contributed by atoms with van der Waals surface area (Å²) in [6.45, 7) is 0.915. The fourth-order valence-electron chi connectivity index (χ4n) is 2.53. The molecule has 1 atom stereocenters. The molecule has 0 aliphatic carbocycles. The van der Waals surface area contributed by atoms with Crippen LogP contribution in [0.4, 0.5) is 5.69 Å². The fraction of sp³-hybridized carbons (Fsp3) is 0.278. The summed E-state index contributed by atoms with van der Waals surface area (Å²) in [6, 6.07) is 13.2. The Kier molecular flexibility index (Phi) is 6.21. The number of nitro groups is 1. The first-order chi connectivity index (χ1) is 11.9. The minimum atomic E-state index is -0.824. The van der Waals surface area contributed by atoms with Crippen LogP contribution in [0, 0.1) is 10.1 Å². The number of carbonyl (C=O) groups is 1. The van der Waals surface area contributed by atoms with E-state index in [4.69, 9.17) is 0 Å². The lowest BCUT2D eigenvalue weighted by molar-refractivity contribution is -0.385. The molecule has 0 saturated heterocycles. The minimum Gasteiger partial charge on any atom is -0.387 e. The molecule has 2 aromatic rings. The van der Waals surface area contributed by atoms with E-state index in [1.54, 1.807) is 31.3 Å². The second-order valence-corrected chi connectivity index (χ2v) is 5.84. The van der Waals surface area contributed by atoms with Gasteiger partial charge < -0.3 is 10.4 Å². The third-order valence-electron chi connectivity index (χ3n) is 3.85. The predicted octanol–water partition coefficient (Wildman–Crippen LogP) is 2.12. The van der Waals surface area contributed by atoms with Gasteiger partial charge >= 0.3 is 0 Å². The largest absolute Gasteiger partial charge is 0.387 e. The molecule has 7 nitrogen and oxygen atoms in total. The average molecular weight is 343 g/mol. The smallest absolute Gasteiger partial charge is 0.269 e. The number of likely N-dealkylation sites (N-methyl/N-ethyl adjacent to an activating group) is 1. The molecular formula is C18H21N3O4. The van der Waals surface area contributed by atoms with Crippen LogP contribution in [0.1, 0.15) is 27.6 Å². The molecule has 0 fully saturated rings. The van der Waals surface area contributed by atoms with Crippen molar-refractivity contribution >= 4 is 11.6 Å². The Hall–Kier alpha value is -2.77. The van der Waals surface area contributed by atoms with Crippen LogP contribution in [-0.2, 0) is 6.54 Å². The topological polar surface area (TPSA) is 95.7 Å². The average Bonchev–Trinajstić information content (AvgIpc) is 2.61. The highest BCUT2D eigenvalue weighted by molar-refractivity contribution is 5.93. The molecule has 7 heteroatoms. The monoisotopic (exact) mass is 343 g/mol. The number of nitrogens with one attached hydrogen (secondary N) is 1. The molecule has 0 saturated carbocycles. The Morgan fingerprint density at radius 1 is 1.28 bits per heavy atom. The summed E-state index contributed by atoms with van der Waals surface area (Å²) in [5.41, 5.74) is 2.06. The van der Waals surface area contributed by atoms with Crippen molar-refractivity contribution in [3.8, 4) is 0 Å². The lowest BCUT2D eigenvalue weighted by Crippen LogP contribution is -2.24. The highest BCUT2D eigenvalue weighted by Gasteiger charge is 2.14. The third-order valence-corrected chi connectivity index (χ3v) is 3.85. The number of hydrogen-bond acceptors (Lipinski definition) is 5. The molecule has 1 unspecified atom stereocenters. The van der Waals surface area contributed by atoms with Crippen LogP contribution in [0.15, 0.2) is 48.5 Å². The number of hydrogen-bond donors (Lipinski definition) is 2. The zero-order valence-electron chi connectivity index (χ0n) is 14.2. The molecule has 0 spiro atoms. The Bertz CT molecular complexity index is 746. The maximum atomic E-state index is 11.5. The standard InChI is InChI=1S/C18H21N3O4/c1-19-18(23)14-8-6-13(7-9-14)11-20(2)12-17(22)15-4-3-5-16(10-15)21(24)25/h3-10,17,22H,11-12H2,1-2H3,(H,19,23). The second-order valence-electron chi connectivity index (χ2n) is 5.84. The number of nitrogens with zero attached hydrogens (tertiary/aromatic N) is 2. The summed E-state index contributed by atoms with van der Waals surface area (Å²) >= 11 is 0. The summed E-state index contributed by atoms with van der Waals surface area (Å²) in [5.74, 6) is -0.138. The second kappa shape index (κ2) is 8.36. The van der Waals surface area contributed by atoms with Gasteiger partial charge in [-0.1, -0.05) is 24.3 Å². The quantitative estimate of drug-likeness (QED) is 0.593. The van der Waals surface area contributed by atoms with Crippen molar-refractivity contribution in [2.75, 3.05) is 20.6 Å². The summed E-state index contributed by atoms with van der Waals surface area (Å²) in [6.07, 6.45) is -0.824. The number of carbonyl (C=O) groups excluding carboxylic acids is 1. The Balaban J connectivity index is 1.97. The van der Waals surface area contributed by atoms with Crippen molar-refractivity contribution in [3.05, 3.63) is 75.3 Å². The van der Waals surface area contributed by atoms with Crippen molar-refractivity contribution in [1.82, 2.24) is 10.2 Å². The zero-order chi connectivity index (χ0) is 18.4. The van der Waals surface area contributed by atoms with Crippen LogP contribution >= 0.6 is 0 Å².